The minimum absolute atomic E-state index is 0.337. The van der Waals surface area contributed by atoms with E-state index in [-0.39, 0.29) is 6.10 Å². The van der Waals surface area contributed by atoms with Crippen LogP contribution in [0.4, 0.5) is 0 Å². The molecule has 1 saturated carbocycles. The van der Waals surface area contributed by atoms with E-state index in [1.54, 1.807) is 0 Å². The second-order valence-electron chi connectivity index (χ2n) is 5.62. The summed E-state index contributed by atoms with van der Waals surface area (Å²) in [7, 11) is 0. The lowest BCUT2D eigenvalue weighted by Gasteiger charge is -2.09. The first-order valence-corrected chi connectivity index (χ1v) is 7.64. The first-order valence-electron chi connectivity index (χ1n) is 7.64. The van der Waals surface area contributed by atoms with E-state index in [0.717, 1.165) is 11.1 Å². The molecule has 0 amide bonds. The molecule has 0 aromatic heterocycles. The minimum atomic E-state index is -0.337. The highest BCUT2D eigenvalue weighted by Crippen LogP contribution is 2.27. The van der Waals surface area contributed by atoms with Crippen LogP contribution in [0.15, 0.2) is 59.8 Å². The number of aryl methyl sites for hydroxylation is 1. The Labute approximate surface area is 131 Å². The van der Waals surface area contributed by atoms with Crippen LogP contribution in [0.3, 0.4) is 0 Å². The van der Waals surface area contributed by atoms with Gasteiger partial charge in [-0.25, -0.2) is 0 Å². The Bertz CT molecular complexity index is 688. The molecule has 0 N–H and O–H groups in total. The summed E-state index contributed by atoms with van der Waals surface area (Å²) < 4.78 is 0. The van der Waals surface area contributed by atoms with Crippen molar-refractivity contribution in [3.63, 3.8) is 0 Å². The molecule has 110 valence electrons. The van der Waals surface area contributed by atoms with Gasteiger partial charge in [0.2, 0.25) is 6.10 Å². The molecule has 1 fully saturated rings. The van der Waals surface area contributed by atoms with Gasteiger partial charge >= 0.3 is 0 Å². The number of benzene rings is 2. The molecule has 0 spiro atoms. The van der Waals surface area contributed by atoms with Crippen LogP contribution < -0.4 is 0 Å². The Morgan fingerprint density at radius 1 is 1.09 bits per heavy atom. The second-order valence-corrected chi connectivity index (χ2v) is 5.62. The van der Waals surface area contributed by atoms with E-state index >= 15 is 0 Å². The number of oxime groups is 1. The van der Waals surface area contributed by atoms with Crippen LogP contribution in [0.1, 0.15) is 35.6 Å². The quantitative estimate of drug-likeness (QED) is 0.461. The largest absolute Gasteiger partial charge is 0.375 e. The summed E-state index contributed by atoms with van der Waals surface area (Å²) in [6.07, 6.45) is 4.00. The molecule has 1 aliphatic rings. The maximum absolute atomic E-state index is 5.64. The van der Waals surface area contributed by atoms with Crippen molar-refractivity contribution in [2.45, 2.75) is 25.9 Å². The standard InChI is InChI=1S/C20H19NO/c1-16-7-12-19(13-8-16)20(22-21-15-18-9-10-18)14-11-17-5-3-2-4-6-17/h2-8,12-13,15,18,20H,9-10H2,1H3/b21-15-. The van der Waals surface area contributed by atoms with Gasteiger partial charge in [-0.15, -0.1) is 0 Å². The van der Waals surface area contributed by atoms with Crippen molar-refractivity contribution < 1.29 is 4.84 Å². The van der Waals surface area contributed by atoms with Gasteiger partial charge in [-0.2, -0.15) is 0 Å². The monoisotopic (exact) mass is 289 g/mol. The van der Waals surface area contributed by atoms with Crippen LogP contribution in [0.5, 0.6) is 0 Å². The molecule has 22 heavy (non-hydrogen) atoms. The third-order valence-corrected chi connectivity index (χ3v) is 3.56. The molecule has 0 heterocycles. The van der Waals surface area contributed by atoms with E-state index in [1.165, 1.54) is 18.4 Å². The van der Waals surface area contributed by atoms with Crippen LogP contribution in [0.25, 0.3) is 0 Å². The molecular weight excluding hydrogens is 270 g/mol. The van der Waals surface area contributed by atoms with Crippen molar-refractivity contribution in [2.75, 3.05) is 0 Å². The van der Waals surface area contributed by atoms with Gasteiger partial charge in [0.25, 0.3) is 0 Å². The zero-order valence-electron chi connectivity index (χ0n) is 12.7. The van der Waals surface area contributed by atoms with Crippen LogP contribution in [0, 0.1) is 24.7 Å². The molecule has 2 heteroatoms. The summed E-state index contributed by atoms with van der Waals surface area (Å²) in [6.45, 7) is 2.07. The Balaban J connectivity index is 1.78. The van der Waals surface area contributed by atoms with Gasteiger partial charge in [-0.05, 0) is 43.7 Å². The second kappa shape index (κ2) is 6.95. The molecule has 1 unspecified atom stereocenters. The molecule has 3 rings (SSSR count). The van der Waals surface area contributed by atoms with E-state index in [4.69, 9.17) is 4.84 Å². The van der Waals surface area contributed by atoms with Gasteiger partial charge in [-0.3, -0.25) is 0 Å². The molecule has 1 atom stereocenters. The zero-order valence-corrected chi connectivity index (χ0v) is 12.7. The van der Waals surface area contributed by atoms with Crippen molar-refractivity contribution in [1.29, 1.82) is 0 Å². The van der Waals surface area contributed by atoms with Gasteiger partial charge in [0.1, 0.15) is 0 Å². The summed E-state index contributed by atoms with van der Waals surface area (Å²) in [4.78, 5) is 5.64. The molecule has 0 saturated heterocycles. The molecule has 2 aromatic rings. The SMILES string of the molecule is Cc1ccc(C(C#Cc2ccccc2)O/N=C\C2CC2)cc1. The van der Waals surface area contributed by atoms with Gasteiger partial charge in [0.15, 0.2) is 0 Å². The Morgan fingerprint density at radius 2 is 1.82 bits per heavy atom. The highest BCUT2D eigenvalue weighted by molar-refractivity contribution is 5.62. The number of hydrogen-bond donors (Lipinski definition) is 0. The Morgan fingerprint density at radius 3 is 2.50 bits per heavy atom. The maximum Gasteiger partial charge on any atom is 0.213 e. The average molecular weight is 289 g/mol. The molecule has 1 aliphatic carbocycles. The Hall–Kier alpha value is -2.53. The van der Waals surface area contributed by atoms with Crippen LogP contribution >= 0.6 is 0 Å². The lowest BCUT2D eigenvalue weighted by atomic mass is 10.1. The average Bonchev–Trinajstić information content (AvgIpc) is 3.37. The van der Waals surface area contributed by atoms with E-state index < -0.39 is 0 Å². The van der Waals surface area contributed by atoms with E-state index in [2.05, 4.69) is 36.1 Å². The van der Waals surface area contributed by atoms with Gasteiger partial charge in [-0.1, -0.05) is 59.1 Å². The number of hydrogen-bond acceptors (Lipinski definition) is 2. The van der Waals surface area contributed by atoms with Gasteiger partial charge < -0.3 is 4.84 Å². The lowest BCUT2D eigenvalue weighted by molar-refractivity contribution is 0.100. The number of rotatable bonds is 4. The van der Waals surface area contributed by atoms with Crippen molar-refractivity contribution in [2.24, 2.45) is 11.1 Å². The summed E-state index contributed by atoms with van der Waals surface area (Å²) in [6, 6.07) is 18.2. The maximum atomic E-state index is 5.64. The molecular formula is C20H19NO. The van der Waals surface area contributed by atoms with E-state index in [0.29, 0.717) is 5.92 Å². The Kier molecular flexibility index (Phi) is 4.56. The van der Waals surface area contributed by atoms with E-state index in [9.17, 15) is 0 Å². The summed E-state index contributed by atoms with van der Waals surface area (Å²) in [5.41, 5.74) is 3.23. The van der Waals surface area contributed by atoms with Crippen LogP contribution in [-0.2, 0) is 4.84 Å². The highest BCUT2D eigenvalue weighted by Gasteiger charge is 2.19. The van der Waals surface area contributed by atoms with Crippen molar-refractivity contribution in [3.05, 3.63) is 71.3 Å². The van der Waals surface area contributed by atoms with E-state index in [1.807, 2.05) is 48.7 Å². The predicted molar refractivity (Wildman–Crippen MR) is 89.5 cm³/mol. The molecule has 0 bridgehead atoms. The molecule has 0 radical (unpaired) electrons. The topological polar surface area (TPSA) is 21.6 Å². The lowest BCUT2D eigenvalue weighted by Crippen LogP contribution is -1.99. The number of nitrogens with zero attached hydrogens (tertiary/aromatic N) is 1. The first-order chi connectivity index (χ1) is 10.8. The fourth-order valence-corrected chi connectivity index (χ4v) is 2.01. The van der Waals surface area contributed by atoms with Crippen molar-refractivity contribution >= 4 is 6.21 Å². The predicted octanol–water partition coefficient (Wildman–Crippen LogP) is 4.50. The van der Waals surface area contributed by atoms with Gasteiger partial charge in [0, 0.05) is 17.3 Å². The van der Waals surface area contributed by atoms with Crippen LogP contribution in [-0.4, -0.2) is 6.21 Å². The molecule has 0 aliphatic heterocycles. The molecule has 2 aromatic carbocycles. The minimum Gasteiger partial charge on any atom is -0.375 e. The first kappa shape index (κ1) is 14.4. The fourth-order valence-electron chi connectivity index (χ4n) is 2.01. The summed E-state index contributed by atoms with van der Waals surface area (Å²) in [5.74, 6) is 6.94. The molecule has 2 nitrogen and oxygen atoms in total. The third-order valence-electron chi connectivity index (χ3n) is 3.56. The third kappa shape index (κ3) is 4.23. The summed E-state index contributed by atoms with van der Waals surface area (Å²) >= 11 is 0. The fraction of sp³-hybridized carbons (Fsp3) is 0.250. The normalized spacial score (nSPS) is 15.1. The highest BCUT2D eigenvalue weighted by atomic mass is 16.6. The van der Waals surface area contributed by atoms with Crippen LogP contribution in [0.2, 0.25) is 0 Å². The van der Waals surface area contributed by atoms with Gasteiger partial charge in [0.05, 0.1) is 0 Å². The van der Waals surface area contributed by atoms with Crippen molar-refractivity contribution in [1.82, 2.24) is 0 Å². The summed E-state index contributed by atoms with van der Waals surface area (Å²) in [5, 5.41) is 4.12. The zero-order chi connectivity index (χ0) is 15.2. The van der Waals surface area contributed by atoms with Crippen molar-refractivity contribution in [3.8, 4) is 11.8 Å². The smallest absolute Gasteiger partial charge is 0.213 e.